The molecular formula is C43H44N8O7S. The van der Waals surface area contributed by atoms with Gasteiger partial charge in [-0.15, -0.1) is 11.3 Å². The third kappa shape index (κ3) is 8.65. The number of ether oxygens (including phenoxy) is 1. The number of nitrogens with two attached hydrogens (primary N) is 2. The number of rotatable bonds is 7. The lowest BCUT2D eigenvalue weighted by Gasteiger charge is -2.19. The number of nitrogens with zero attached hydrogens (tertiary/aromatic N) is 4. The second kappa shape index (κ2) is 17.7. The second-order valence-corrected chi connectivity index (χ2v) is 14.2. The molecule has 1 aromatic carbocycles. The van der Waals surface area contributed by atoms with Crippen molar-refractivity contribution in [2.75, 3.05) is 32.7 Å². The topological polar surface area (TPSA) is 230 Å². The number of thiophene rings is 1. The number of para-hydroxylation sites is 1. The summed E-state index contributed by atoms with van der Waals surface area (Å²) in [5.41, 5.74) is 10.1. The van der Waals surface area contributed by atoms with Crippen LogP contribution in [-0.2, 0) is 24.3 Å². The first-order valence-electron chi connectivity index (χ1n) is 18.3. The molecule has 2 atom stereocenters. The molecule has 0 spiro atoms. The average Bonchev–Trinajstić information content (AvgIpc) is 3.79. The summed E-state index contributed by atoms with van der Waals surface area (Å²) in [6.07, 6.45) is 0. The Kier molecular flexibility index (Phi) is 12.9. The Bertz CT molecular complexity index is 2840. The van der Waals surface area contributed by atoms with Gasteiger partial charge in [0.2, 0.25) is 10.9 Å². The summed E-state index contributed by atoms with van der Waals surface area (Å²) < 4.78 is 8.50. The lowest BCUT2D eigenvalue weighted by atomic mass is 9.95. The largest absolute Gasteiger partial charge is 0.496 e. The van der Waals surface area contributed by atoms with E-state index in [1.165, 1.54) is 32.5 Å². The number of carbonyl (C=O) groups excluding carboxylic acids is 2. The van der Waals surface area contributed by atoms with Crippen LogP contribution in [0.1, 0.15) is 70.2 Å². The predicted molar refractivity (Wildman–Crippen MR) is 229 cm³/mol. The molecular weight excluding hydrogens is 773 g/mol. The standard InChI is InChI=1S/C23H24N4O4.C20H20N4O3S/c1-5-27-20(24)18(22(29)25-3)19(28)15-11-10-14(26-21(15)27)12-13-23(2,30)16-8-6-7-9-17(16)31-4;1-4-24-17(21)15(19(26)22-3)16(25)13-8-7-12(23-18(13)24)9-10-20(2,27)14-6-5-11-28-14/h6-11,30H,5,24H2,1-4H3,(H,25,29);5-8,11,27H,4,21H2,1-3H3,(H,22,26). The van der Waals surface area contributed by atoms with Crippen molar-refractivity contribution in [3.05, 3.63) is 119 Å². The van der Waals surface area contributed by atoms with Crippen LogP contribution in [0.15, 0.2) is 75.6 Å². The van der Waals surface area contributed by atoms with Gasteiger partial charge in [0.15, 0.2) is 11.2 Å². The molecule has 0 aliphatic carbocycles. The van der Waals surface area contributed by atoms with Gasteiger partial charge < -0.3 is 46.2 Å². The van der Waals surface area contributed by atoms with Gasteiger partial charge in [0, 0.05) is 37.6 Å². The number of fused-ring (bicyclic) bond motifs is 2. The Morgan fingerprint density at radius 2 is 1.24 bits per heavy atom. The molecule has 8 N–H and O–H groups in total. The summed E-state index contributed by atoms with van der Waals surface area (Å²) in [4.78, 5) is 59.4. The van der Waals surface area contributed by atoms with Crippen LogP contribution in [0.4, 0.5) is 11.6 Å². The second-order valence-electron chi connectivity index (χ2n) is 13.3. The fraction of sp³-hybridized carbons (Fsp3) is 0.256. The number of hydrogen-bond donors (Lipinski definition) is 6. The smallest absolute Gasteiger partial charge is 0.258 e. The molecule has 2 unspecified atom stereocenters. The highest BCUT2D eigenvalue weighted by Gasteiger charge is 2.25. The highest BCUT2D eigenvalue weighted by Crippen LogP contribution is 2.29. The SMILES string of the molecule is CCn1c(N)c(C(=O)NC)c(=O)c2ccc(C#CC(C)(O)c3ccccc3OC)nc21.CCn1c(N)c(C(=O)NC)c(=O)c2ccc(C#CC(C)(O)c3cccs3)nc21. The van der Waals surface area contributed by atoms with E-state index in [0.717, 1.165) is 4.88 Å². The normalized spacial score (nSPS) is 12.7. The summed E-state index contributed by atoms with van der Waals surface area (Å²) in [6, 6.07) is 17.0. The van der Waals surface area contributed by atoms with Gasteiger partial charge in [-0.05, 0) is 81.3 Å². The molecule has 15 nitrogen and oxygen atoms in total. The maximum absolute atomic E-state index is 12.8. The third-order valence-corrected chi connectivity index (χ3v) is 10.4. The number of pyridine rings is 4. The Labute approximate surface area is 343 Å². The Morgan fingerprint density at radius 1 is 0.763 bits per heavy atom. The van der Waals surface area contributed by atoms with Crippen LogP contribution in [0.3, 0.4) is 0 Å². The van der Waals surface area contributed by atoms with Gasteiger partial charge in [0.1, 0.15) is 51.2 Å². The van der Waals surface area contributed by atoms with Gasteiger partial charge in [-0.25, -0.2) is 9.97 Å². The van der Waals surface area contributed by atoms with Crippen molar-refractivity contribution in [2.24, 2.45) is 0 Å². The summed E-state index contributed by atoms with van der Waals surface area (Å²) in [7, 11) is 4.40. The molecule has 0 fully saturated rings. The molecule has 0 bridgehead atoms. The van der Waals surface area contributed by atoms with E-state index < -0.39 is 33.9 Å². The maximum atomic E-state index is 12.8. The summed E-state index contributed by atoms with van der Waals surface area (Å²) in [6.45, 7) is 7.67. The van der Waals surface area contributed by atoms with E-state index in [1.807, 2.05) is 31.4 Å². The summed E-state index contributed by atoms with van der Waals surface area (Å²) in [5.74, 6) is 10.9. The molecule has 59 heavy (non-hydrogen) atoms. The van der Waals surface area contributed by atoms with Gasteiger partial charge in [-0.2, -0.15) is 0 Å². The van der Waals surface area contributed by atoms with E-state index in [0.29, 0.717) is 47.1 Å². The molecule has 0 aliphatic heterocycles. The first-order valence-corrected chi connectivity index (χ1v) is 19.2. The predicted octanol–water partition coefficient (Wildman–Crippen LogP) is 3.30. The summed E-state index contributed by atoms with van der Waals surface area (Å²) in [5, 5.41) is 28.7. The molecule has 0 saturated carbocycles. The zero-order valence-corrected chi connectivity index (χ0v) is 34.4. The van der Waals surface area contributed by atoms with E-state index in [4.69, 9.17) is 16.2 Å². The van der Waals surface area contributed by atoms with Crippen LogP contribution in [0, 0.1) is 23.7 Å². The van der Waals surface area contributed by atoms with Crippen molar-refractivity contribution in [3.63, 3.8) is 0 Å². The number of anilines is 2. The monoisotopic (exact) mass is 816 g/mol. The molecule has 0 aliphatic rings. The highest BCUT2D eigenvalue weighted by atomic mass is 32.1. The molecule has 5 heterocycles. The number of hydrogen-bond acceptors (Lipinski definition) is 12. The zero-order valence-electron chi connectivity index (χ0n) is 33.6. The van der Waals surface area contributed by atoms with Gasteiger partial charge in [0.25, 0.3) is 11.8 Å². The van der Waals surface area contributed by atoms with Gasteiger partial charge in [0.05, 0.1) is 17.9 Å². The Balaban J connectivity index is 0.000000225. The molecule has 0 saturated heterocycles. The van der Waals surface area contributed by atoms with Gasteiger partial charge in [-0.3, -0.25) is 19.2 Å². The highest BCUT2D eigenvalue weighted by molar-refractivity contribution is 7.10. The number of nitrogen functional groups attached to an aromatic ring is 2. The number of methoxy groups -OCH3 is 1. The molecule has 2 amide bonds. The minimum Gasteiger partial charge on any atom is -0.496 e. The van der Waals surface area contributed by atoms with Crippen LogP contribution < -0.4 is 37.7 Å². The quantitative estimate of drug-likeness (QED) is 0.128. The van der Waals surface area contributed by atoms with Crippen molar-refractivity contribution in [3.8, 4) is 29.4 Å². The van der Waals surface area contributed by atoms with E-state index >= 15 is 0 Å². The molecule has 6 aromatic rings. The third-order valence-electron chi connectivity index (χ3n) is 9.34. The van der Waals surface area contributed by atoms with Crippen molar-refractivity contribution >= 4 is 56.9 Å². The van der Waals surface area contributed by atoms with E-state index in [2.05, 4.69) is 44.3 Å². The van der Waals surface area contributed by atoms with Crippen LogP contribution in [0.5, 0.6) is 5.75 Å². The molecule has 0 radical (unpaired) electrons. The number of carbonyl (C=O) groups is 2. The number of aromatic nitrogens is 4. The number of aliphatic hydroxyl groups is 2. The van der Waals surface area contributed by atoms with Crippen LogP contribution in [-0.4, -0.2) is 62.3 Å². The van der Waals surface area contributed by atoms with E-state index in [9.17, 15) is 29.4 Å². The van der Waals surface area contributed by atoms with Crippen molar-refractivity contribution in [2.45, 2.75) is 52.0 Å². The first kappa shape index (κ1) is 43.1. The van der Waals surface area contributed by atoms with Crippen LogP contribution >= 0.6 is 11.3 Å². The van der Waals surface area contributed by atoms with Crippen LogP contribution in [0.25, 0.3) is 22.1 Å². The minimum atomic E-state index is -1.49. The first-order chi connectivity index (χ1) is 28.0. The fourth-order valence-corrected chi connectivity index (χ4v) is 6.98. The van der Waals surface area contributed by atoms with Crippen molar-refractivity contribution in [1.29, 1.82) is 0 Å². The fourth-order valence-electron chi connectivity index (χ4n) is 6.23. The Hall–Kier alpha value is -6.98. The van der Waals surface area contributed by atoms with Crippen molar-refractivity contribution in [1.82, 2.24) is 29.7 Å². The van der Waals surface area contributed by atoms with Gasteiger partial charge in [-0.1, -0.05) is 36.1 Å². The van der Waals surface area contributed by atoms with E-state index in [-0.39, 0.29) is 33.5 Å². The number of nitrogens with one attached hydrogen (secondary N) is 2. The average molecular weight is 817 g/mol. The summed E-state index contributed by atoms with van der Waals surface area (Å²) >= 11 is 1.41. The minimum absolute atomic E-state index is 0.0398. The molecule has 6 rings (SSSR count). The number of amides is 2. The van der Waals surface area contributed by atoms with Crippen LogP contribution in [0.2, 0.25) is 0 Å². The zero-order chi connectivity index (χ0) is 43.2. The number of benzene rings is 1. The molecule has 5 aromatic heterocycles. The van der Waals surface area contributed by atoms with Crippen molar-refractivity contribution < 1.29 is 24.5 Å². The van der Waals surface area contributed by atoms with Gasteiger partial charge >= 0.3 is 0 Å². The van der Waals surface area contributed by atoms with E-state index in [1.54, 1.807) is 71.5 Å². The lowest BCUT2D eigenvalue weighted by molar-refractivity contribution is 0.0954. The Morgan fingerprint density at radius 3 is 1.66 bits per heavy atom. The molecule has 16 heteroatoms. The maximum Gasteiger partial charge on any atom is 0.258 e. The number of aryl methyl sites for hydroxylation is 2. The lowest BCUT2D eigenvalue weighted by Crippen LogP contribution is -2.30. The molecule has 304 valence electrons.